The van der Waals surface area contributed by atoms with Crippen LogP contribution in [0.1, 0.15) is 12.0 Å². The van der Waals surface area contributed by atoms with Crippen LogP contribution in [-0.2, 0) is 0 Å². The molecule has 1 nitrogen and oxygen atoms in total. The van der Waals surface area contributed by atoms with Crippen LogP contribution in [0.25, 0.3) is 11.1 Å². The Labute approximate surface area is 130 Å². The lowest BCUT2D eigenvalue weighted by atomic mass is 10.0. The van der Waals surface area contributed by atoms with E-state index in [2.05, 4.69) is 0 Å². The van der Waals surface area contributed by atoms with Crippen molar-refractivity contribution in [1.29, 1.82) is 0 Å². The summed E-state index contributed by atoms with van der Waals surface area (Å²) in [5.41, 5.74) is 0.849. The van der Waals surface area contributed by atoms with E-state index in [9.17, 15) is 8.78 Å². The Kier molecular flexibility index (Phi) is 4.74. The largest absolute Gasteiger partial charge is 0.496 e. The van der Waals surface area contributed by atoms with Crippen molar-refractivity contribution in [1.82, 2.24) is 0 Å². The van der Waals surface area contributed by atoms with Crippen LogP contribution >= 0.6 is 34.8 Å². The molecular formula is C14H9Cl3F2O. The van der Waals surface area contributed by atoms with Crippen LogP contribution in [0.2, 0.25) is 15.1 Å². The third-order valence-corrected chi connectivity index (χ3v) is 3.82. The molecule has 0 heterocycles. The fourth-order valence-electron chi connectivity index (χ4n) is 1.82. The molecule has 0 fully saturated rings. The second-order valence-electron chi connectivity index (χ2n) is 4.00. The lowest BCUT2D eigenvalue weighted by Gasteiger charge is -2.12. The molecule has 0 amide bonds. The van der Waals surface area contributed by atoms with Crippen molar-refractivity contribution in [2.45, 2.75) is 6.43 Å². The third-order valence-electron chi connectivity index (χ3n) is 2.79. The van der Waals surface area contributed by atoms with E-state index in [1.165, 1.54) is 25.3 Å². The van der Waals surface area contributed by atoms with E-state index in [-0.39, 0.29) is 11.3 Å². The number of benzene rings is 2. The molecule has 20 heavy (non-hydrogen) atoms. The highest BCUT2D eigenvalue weighted by atomic mass is 35.5. The maximum Gasteiger partial charge on any atom is 0.267 e. The quantitative estimate of drug-likeness (QED) is 0.601. The summed E-state index contributed by atoms with van der Waals surface area (Å²) in [5.74, 6) is 0.125. The topological polar surface area (TPSA) is 9.23 Å². The van der Waals surface area contributed by atoms with Gasteiger partial charge < -0.3 is 4.74 Å². The highest BCUT2D eigenvalue weighted by molar-refractivity contribution is 6.44. The average Bonchev–Trinajstić information content (AvgIpc) is 2.42. The van der Waals surface area contributed by atoms with E-state index in [1.807, 2.05) is 0 Å². The first kappa shape index (κ1) is 15.4. The van der Waals surface area contributed by atoms with E-state index in [4.69, 9.17) is 39.5 Å². The van der Waals surface area contributed by atoms with Gasteiger partial charge in [-0.3, -0.25) is 0 Å². The maximum absolute atomic E-state index is 13.0. The highest BCUT2D eigenvalue weighted by Gasteiger charge is 2.16. The van der Waals surface area contributed by atoms with Gasteiger partial charge in [-0.25, -0.2) is 8.78 Å². The average molecular weight is 338 g/mol. The van der Waals surface area contributed by atoms with Gasteiger partial charge in [0.05, 0.1) is 22.7 Å². The van der Waals surface area contributed by atoms with Crippen molar-refractivity contribution in [3.63, 3.8) is 0 Å². The van der Waals surface area contributed by atoms with Gasteiger partial charge in [-0.2, -0.15) is 0 Å². The molecule has 0 aliphatic heterocycles. The fraction of sp³-hybridized carbons (Fsp3) is 0.143. The van der Waals surface area contributed by atoms with Gasteiger partial charge in [0.25, 0.3) is 6.43 Å². The van der Waals surface area contributed by atoms with E-state index < -0.39 is 6.43 Å². The molecule has 2 aromatic carbocycles. The molecule has 0 aromatic heterocycles. The summed E-state index contributed by atoms with van der Waals surface area (Å²) in [7, 11) is 1.34. The number of hydrogen-bond acceptors (Lipinski definition) is 1. The molecule has 0 saturated carbocycles. The first-order valence-electron chi connectivity index (χ1n) is 5.55. The molecule has 0 aliphatic rings. The van der Waals surface area contributed by atoms with Crippen molar-refractivity contribution in [3.05, 3.63) is 51.0 Å². The fourth-order valence-corrected chi connectivity index (χ4v) is 2.47. The summed E-state index contributed by atoms with van der Waals surface area (Å²) in [5, 5.41) is 0.952. The van der Waals surface area contributed by atoms with Gasteiger partial charge in [-0.05, 0) is 29.8 Å². The first-order valence-corrected chi connectivity index (χ1v) is 6.68. The Morgan fingerprint density at radius 3 is 2.20 bits per heavy atom. The molecule has 0 atom stereocenters. The molecule has 2 aromatic rings. The predicted octanol–water partition coefficient (Wildman–Crippen LogP) is 6.26. The molecule has 6 heteroatoms. The monoisotopic (exact) mass is 336 g/mol. The van der Waals surface area contributed by atoms with Crippen molar-refractivity contribution in [2.75, 3.05) is 7.11 Å². The van der Waals surface area contributed by atoms with E-state index in [0.717, 1.165) is 0 Å². The smallest absolute Gasteiger partial charge is 0.267 e. The lowest BCUT2D eigenvalue weighted by molar-refractivity contribution is 0.147. The molecule has 0 radical (unpaired) electrons. The molecule has 0 saturated heterocycles. The second-order valence-corrected chi connectivity index (χ2v) is 5.23. The van der Waals surface area contributed by atoms with Crippen LogP contribution in [0, 0.1) is 0 Å². The van der Waals surface area contributed by atoms with Gasteiger partial charge in [-0.15, -0.1) is 0 Å². The minimum atomic E-state index is -2.65. The standard InChI is InChI=1S/C14H9Cl3F2O/c1-20-13-3-2-7(4-9(13)14(18)19)8-5-11(16)12(17)6-10(8)15/h2-6,14H,1H3. The Bertz CT molecular complexity index is 645. The Morgan fingerprint density at radius 1 is 0.950 bits per heavy atom. The zero-order chi connectivity index (χ0) is 14.9. The number of rotatable bonds is 3. The van der Waals surface area contributed by atoms with E-state index >= 15 is 0 Å². The minimum absolute atomic E-state index is 0.125. The molecule has 0 N–H and O–H groups in total. The minimum Gasteiger partial charge on any atom is -0.496 e. The molecule has 2 rings (SSSR count). The normalized spacial score (nSPS) is 10.9. The SMILES string of the molecule is COc1ccc(-c2cc(Cl)c(Cl)cc2Cl)cc1C(F)F. The third kappa shape index (κ3) is 3.00. The Morgan fingerprint density at radius 2 is 1.60 bits per heavy atom. The predicted molar refractivity (Wildman–Crippen MR) is 78.4 cm³/mol. The van der Waals surface area contributed by atoms with Crippen molar-refractivity contribution < 1.29 is 13.5 Å². The van der Waals surface area contributed by atoms with Gasteiger partial charge in [0.15, 0.2) is 0 Å². The van der Waals surface area contributed by atoms with Gasteiger partial charge in [0.2, 0.25) is 0 Å². The zero-order valence-corrected chi connectivity index (χ0v) is 12.5. The zero-order valence-electron chi connectivity index (χ0n) is 10.3. The molecule has 0 aliphatic carbocycles. The molecule has 0 bridgehead atoms. The van der Waals surface area contributed by atoms with Gasteiger partial charge in [0.1, 0.15) is 5.75 Å². The van der Waals surface area contributed by atoms with Gasteiger partial charge in [-0.1, -0.05) is 40.9 Å². The number of hydrogen-bond donors (Lipinski definition) is 0. The molecule has 0 spiro atoms. The van der Waals surface area contributed by atoms with Gasteiger partial charge >= 0.3 is 0 Å². The summed E-state index contributed by atoms with van der Waals surface area (Å²) < 4.78 is 30.9. The van der Waals surface area contributed by atoms with Crippen molar-refractivity contribution in [3.8, 4) is 16.9 Å². The van der Waals surface area contributed by atoms with Crippen LogP contribution < -0.4 is 4.74 Å². The number of methoxy groups -OCH3 is 1. The molecule has 106 valence electrons. The van der Waals surface area contributed by atoms with Crippen LogP contribution in [0.5, 0.6) is 5.75 Å². The Balaban J connectivity index is 2.59. The second kappa shape index (κ2) is 6.17. The maximum atomic E-state index is 13.0. The van der Waals surface area contributed by atoms with Crippen LogP contribution in [0.15, 0.2) is 30.3 Å². The summed E-state index contributed by atoms with van der Waals surface area (Å²) in [4.78, 5) is 0. The summed E-state index contributed by atoms with van der Waals surface area (Å²) in [6.45, 7) is 0. The van der Waals surface area contributed by atoms with Crippen molar-refractivity contribution in [2.24, 2.45) is 0 Å². The number of alkyl halides is 2. The van der Waals surface area contributed by atoms with Crippen LogP contribution in [-0.4, -0.2) is 7.11 Å². The summed E-state index contributed by atoms with van der Waals surface area (Å²) in [6.07, 6.45) is -2.65. The van der Waals surface area contributed by atoms with Gasteiger partial charge in [0, 0.05) is 10.6 Å². The lowest BCUT2D eigenvalue weighted by Crippen LogP contribution is -1.93. The number of halogens is 5. The van der Waals surface area contributed by atoms with Crippen molar-refractivity contribution >= 4 is 34.8 Å². The van der Waals surface area contributed by atoms with E-state index in [1.54, 1.807) is 12.1 Å². The number of ether oxygens (including phenoxy) is 1. The van der Waals surface area contributed by atoms with Crippen LogP contribution in [0.3, 0.4) is 0 Å². The Hall–Kier alpha value is -1.03. The first-order chi connectivity index (χ1) is 9.43. The van der Waals surface area contributed by atoms with Crippen LogP contribution in [0.4, 0.5) is 8.78 Å². The summed E-state index contributed by atoms with van der Waals surface area (Å²) >= 11 is 17.9. The molecule has 0 unspecified atom stereocenters. The molecular weight excluding hydrogens is 329 g/mol. The summed E-state index contributed by atoms with van der Waals surface area (Å²) in [6, 6.07) is 7.46. The highest BCUT2D eigenvalue weighted by Crippen LogP contribution is 2.38. The van der Waals surface area contributed by atoms with E-state index in [0.29, 0.717) is 26.2 Å².